The van der Waals surface area contributed by atoms with Crippen molar-refractivity contribution in [2.24, 2.45) is 0 Å². The van der Waals surface area contributed by atoms with E-state index < -0.39 is 0 Å². The van der Waals surface area contributed by atoms with Crippen molar-refractivity contribution in [3.8, 4) is 0 Å². The molecule has 0 amide bonds. The molecule has 112 valence electrons. The summed E-state index contributed by atoms with van der Waals surface area (Å²) in [4.78, 5) is 0. The smallest absolute Gasteiger partial charge is 0.0776 e. The van der Waals surface area contributed by atoms with Crippen LogP contribution in [-0.2, 0) is 0 Å². The van der Waals surface area contributed by atoms with Crippen molar-refractivity contribution in [1.82, 2.24) is 0 Å². The first-order valence-corrected chi connectivity index (χ1v) is 0. The van der Waals surface area contributed by atoms with Crippen LogP contribution in [0.3, 0.4) is 0 Å². The van der Waals surface area contributed by atoms with Crippen LogP contribution in [-0.4, -0.2) is 0 Å². The molecule has 2 heteroatoms. The lowest BCUT2D eigenvalue weighted by Gasteiger charge is -0.115. The third kappa shape index (κ3) is 2010. The van der Waals surface area contributed by atoms with Crippen molar-refractivity contribution in [2.75, 3.05) is 0 Å². The Kier molecular flexibility index (Phi) is 575000. The van der Waals surface area contributed by atoms with Crippen LogP contribution in [0.2, 0.25) is 0 Å². The normalized spacial score (nSPS) is 0. The molecule has 0 spiro atoms. The first kappa shape index (κ1) is 3160. The first-order valence-electron chi connectivity index (χ1n) is 0. The number of hydrogen-bond acceptors (Lipinski definition) is 0. The van der Waals surface area contributed by atoms with Gasteiger partial charge in [0.25, 0.3) is 0 Å². The lowest BCUT2D eigenvalue weighted by Crippen LogP contribution is 0.143. The van der Waals surface area contributed by atoms with E-state index in [1.807, 2.05) is 0 Å². The summed E-state index contributed by atoms with van der Waals surface area (Å²) in [6.45, 7) is 0. The van der Waals surface area contributed by atoms with E-state index in [4.69, 9.17) is 0 Å². The molecule has 14 heavy (non-hydrogen) atoms. The maximum Gasteiger partial charge on any atom is -0.0776 e. The Morgan fingerprint density at radius 2 is 0.143 bits per heavy atom. The van der Waals surface area contributed by atoms with Gasteiger partial charge in [-0.1, -0.05) is 89.1 Å². The van der Waals surface area contributed by atoms with Crippen LogP contribution in [0.4, 0.5) is 0 Å². The van der Waals surface area contributed by atoms with Gasteiger partial charge in [-0.25, -0.2) is 0 Å². The van der Waals surface area contributed by atoms with Crippen molar-refractivity contribution < 1.29 is 0 Å². The average Bonchev–Trinajstić information content (AvgIpc) is 0. The third-order valence-electron chi connectivity index (χ3n) is 0. The molecule has 0 aromatic heterocycles. The van der Waals surface area contributed by atoms with Gasteiger partial charge in [0.2, 0.25) is 0 Å². The van der Waals surface area contributed by atoms with Crippen LogP contribution in [0.5, 0.6) is 0 Å². The molecule has 0 atom stereocenters. The Labute approximate surface area is 123 Å². The van der Waals surface area contributed by atoms with Gasteiger partial charge < -0.3 is 0 Å². The van der Waals surface area contributed by atoms with E-state index in [0.717, 1.165) is 0 Å². The molecule has 0 bridgehead atoms. The SMILES string of the molecule is Br.Br.C.C.C.C.C.C.C.C.C.C.C.C. The van der Waals surface area contributed by atoms with Crippen molar-refractivity contribution in [3.63, 3.8) is 0 Å². The molecular weight excluding hydrogens is 304 g/mol. The molecule has 0 fully saturated rings. The molecule has 0 saturated heterocycles. The summed E-state index contributed by atoms with van der Waals surface area (Å²) in [7, 11) is 0. The predicted octanol–water partition coefficient (Wildman–Crippen LogP) is 8.79. The summed E-state index contributed by atoms with van der Waals surface area (Å²) in [6, 6.07) is 0. The molecule has 0 N–H and O–H groups in total. The zero-order valence-electron chi connectivity index (χ0n) is 0.816. The van der Waals surface area contributed by atoms with Gasteiger partial charge in [-0.05, 0) is 0 Å². The van der Waals surface area contributed by atoms with Crippen molar-refractivity contribution in [2.45, 2.75) is 89.1 Å². The minimum Gasteiger partial charge on any atom is -0.114 e. The molecule has 0 heterocycles. The van der Waals surface area contributed by atoms with E-state index in [-0.39, 0.29) is 123 Å². The minimum absolute atomic E-state index is 0. The van der Waals surface area contributed by atoms with E-state index in [0.29, 0.717) is 0 Å². The van der Waals surface area contributed by atoms with E-state index in [1.165, 1.54) is 0 Å². The van der Waals surface area contributed by atoms with Crippen LogP contribution in [0.1, 0.15) is 89.1 Å². The van der Waals surface area contributed by atoms with Gasteiger partial charge in [-0.2, -0.15) is 0 Å². The second-order valence-electron chi connectivity index (χ2n) is 0. The summed E-state index contributed by atoms with van der Waals surface area (Å²) < 4.78 is 0. The van der Waals surface area contributed by atoms with Crippen LogP contribution >= 0.6 is 34.0 Å². The Bertz CT molecular complexity index is 8.28. The van der Waals surface area contributed by atoms with Gasteiger partial charge >= 0.3 is 0 Å². The maximum absolute atomic E-state index is 0. The zero-order chi connectivity index (χ0) is 0. The summed E-state index contributed by atoms with van der Waals surface area (Å²) in [5.74, 6) is 0. The molecular formula is C12H50Br2. The highest BCUT2D eigenvalue weighted by atomic mass is 79.9. The van der Waals surface area contributed by atoms with E-state index in [9.17, 15) is 0 Å². The summed E-state index contributed by atoms with van der Waals surface area (Å²) >= 11 is 0. The van der Waals surface area contributed by atoms with Gasteiger partial charge in [-0.15, -0.1) is 34.0 Å². The lowest BCUT2D eigenvalue weighted by molar-refractivity contribution is 2.50. The maximum atomic E-state index is 0. The van der Waals surface area contributed by atoms with E-state index in [2.05, 4.69) is 0 Å². The molecule has 0 aliphatic rings. The van der Waals surface area contributed by atoms with Gasteiger partial charge in [-0.3, -0.25) is 0 Å². The zero-order valence-corrected chi connectivity index (χ0v) is 4.24. The standard InChI is InChI=1S/12CH4.2BrH/h12*1H4;2*1H. The van der Waals surface area contributed by atoms with Crippen LogP contribution in [0, 0.1) is 0 Å². The number of rotatable bonds is 0. The lowest BCUT2D eigenvalue weighted by atomic mass is 12.0. The minimum atomic E-state index is 0. The number of hydrogen-bond donors (Lipinski definition) is 0. The predicted molar refractivity (Wildman–Crippen MR) is 101 cm³/mol. The number of halogens is 2. The van der Waals surface area contributed by atoms with Gasteiger partial charge in [0.1, 0.15) is 0 Å². The molecule has 0 aliphatic carbocycles. The molecule has 0 rings (SSSR count). The van der Waals surface area contributed by atoms with Gasteiger partial charge in [0.05, 0.1) is 0 Å². The quantitative estimate of drug-likeness (QED) is 0.408. The molecule has 0 nitrogen and oxygen atoms in total. The van der Waals surface area contributed by atoms with Crippen LogP contribution in [0.15, 0.2) is 0 Å². The monoisotopic (exact) mass is 352 g/mol. The summed E-state index contributed by atoms with van der Waals surface area (Å²) in [5, 5.41) is 0. The molecule has 0 aliphatic heterocycles. The Balaban J connectivity index is 0. The fourth-order valence-corrected chi connectivity index (χ4v) is 0. The average molecular weight is 354 g/mol. The third-order valence-corrected chi connectivity index (χ3v) is 0. The molecule has 0 aromatic rings. The fraction of sp³-hybridized carbons (Fsp3) is 1.00. The topological polar surface area (TPSA) is 0 Å². The fourth-order valence-electron chi connectivity index (χ4n) is 0. The van der Waals surface area contributed by atoms with Gasteiger partial charge in [0, 0.05) is 0 Å². The van der Waals surface area contributed by atoms with Crippen LogP contribution in [0.25, 0.3) is 0 Å². The van der Waals surface area contributed by atoms with Crippen molar-refractivity contribution in [3.05, 3.63) is 0 Å². The molecule has 0 saturated carbocycles. The largest absolute Gasteiger partial charge is 0.114 e. The van der Waals surface area contributed by atoms with Crippen LogP contribution < -0.4 is 0 Å². The second kappa shape index (κ2) is 2540. The second-order valence-corrected chi connectivity index (χ2v) is 0. The highest BCUT2D eigenvalue weighted by Gasteiger charge is -0.0660. The van der Waals surface area contributed by atoms with E-state index in [1.54, 1.807) is 0 Å². The van der Waals surface area contributed by atoms with Crippen molar-refractivity contribution in [1.29, 1.82) is 0 Å². The Morgan fingerprint density at radius 3 is 0.143 bits per heavy atom. The highest BCUT2D eigenvalue weighted by Crippen LogP contribution is 0.847. The van der Waals surface area contributed by atoms with Crippen molar-refractivity contribution >= 4 is 34.0 Å². The Hall–Kier alpha value is 0.960. The highest BCUT2D eigenvalue weighted by molar-refractivity contribution is 8.93. The molecule has 0 unspecified atom stereocenters. The molecule has 0 aromatic carbocycles. The first-order chi connectivity index (χ1) is 0. The van der Waals surface area contributed by atoms with Gasteiger partial charge in [0.15, 0.2) is 0 Å². The molecule has 0 radical (unpaired) electrons. The summed E-state index contributed by atoms with van der Waals surface area (Å²) in [6.07, 6.45) is 0. The summed E-state index contributed by atoms with van der Waals surface area (Å²) in [5.41, 5.74) is 0. The van der Waals surface area contributed by atoms with E-state index >= 15 is 0 Å². The Morgan fingerprint density at radius 1 is 0.143 bits per heavy atom.